The van der Waals surface area contributed by atoms with Gasteiger partial charge >= 0.3 is 18.0 Å². The van der Waals surface area contributed by atoms with Crippen molar-refractivity contribution in [1.82, 2.24) is 19.8 Å². The number of piperidine rings is 2. The number of aromatic nitrogens is 2. The molecular formula is C27H31F3N6O2S. The van der Waals surface area contributed by atoms with E-state index in [0.717, 1.165) is 59.3 Å². The number of nitrogen functional groups attached to an aromatic ring is 1. The van der Waals surface area contributed by atoms with Crippen molar-refractivity contribution in [2.45, 2.75) is 50.7 Å². The number of anilines is 2. The first-order valence-corrected chi connectivity index (χ1v) is 13.8. The van der Waals surface area contributed by atoms with E-state index in [-0.39, 0.29) is 17.6 Å². The van der Waals surface area contributed by atoms with Gasteiger partial charge in [0.15, 0.2) is 0 Å². The number of nitrogens with zero attached hydrogens (tertiary/aromatic N) is 4. The first-order valence-electron chi connectivity index (χ1n) is 13.0. The molecule has 8 nitrogen and oxygen atoms in total. The molecule has 3 aromatic rings. The molecule has 2 fully saturated rings. The molecule has 2 aliphatic rings. The Morgan fingerprint density at radius 2 is 1.87 bits per heavy atom. The van der Waals surface area contributed by atoms with Crippen molar-refractivity contribution in [3.8, 4) is 0 Å². The Morgan fingerprint density at radius 3 is 2.59 bits per heavy atom. The molecule has 2 aromatic heterocycles. The van der Waals surface area contributed by atoms with Crippen LogP contribution in [0.2, 0.25) is 0 Å². The molecule has 1 unspecified atom stereocenters. The Bertz CT molecular complexity index is 1390. The third-order valence-electron chi connectivity index (χ3n) is 7.64. The van der Waals surface area contributed by atoms with Crippen LogP contribution in [-0.2, 0) is 15.8 Å². The molecule has 208 valence electrons. The molecule has 0 saturated carbocycles. The van der Waals surface area contributed by atoms with Gasteiger partial charge in [0.1, 0.15) is 5.82 Å². The van der Waals surface area contributed by atoms with E-state index >= 15 is 0 Å². The second kappa shape index (κ2) is 10.7. The quantitative estimate of drug-likeness (QED) is 0.435. The van der Waals surface area contributed by atoms with Gasteiger partial charge in [0.05, 0.1) is 38.7 Å². The second-order valence-electron chi connectivity index (χ2n) is 10.6. The molecule has 12 heteroatoms. The average molecular weight is 561 g/mol. The van der Waals surface area contributed by atoms with Gasteiger partial charge in [0, 0.05) is 12.5 Å². The number of nitrogens with two attached hydrogens (primary N) is 1. The highest BCUT2D eigenvalue weighted by atomic mass is 32.1. The lowest BCUT2D eigenvalue weighted by Gasteiger charge is -2.38. The van der Waals surface area contributed by atoms with Crippen LogP contribution in [0.5, 0.6) is 0 Å². The number of pyridine rings is 1. The zero-order valence-corrected chi connectivity index (χ0v) is 22.6. The number of carbonyl (C=O) groups is 2. The first-order chi connectivity index (χ1) is 18.5. The van der Waals surface area contributed by atoms with Gasteiger partial charge in [0.2, 0.25) is 0 Å². The zero-order chi connectivity index (χ0) is 27.9. The third kappa shape index (κ3) is 5.86. The van der Waals surface area contributed by atoms with Crippen molar-refractivity contribution in [2.24, 2.45) is 5.92 Å². The van der Waals surface area contributed by atoms with Crippen molar-refractivity contribution in [3.05, 3.63) is 46.6 Å². The third-order valence-corrected chi connectivity index (χ3v) is 8.83. The fourth-order valence-corrected chi connectivity index (χ4v) is 6.53. The maximum atomic E-state index is 13.3. The van der Waals surface area contributed by atoms with Crippen LogP contribution in [0, 0.1) is 5.92 Å². The second-order valence-corrected chi connectivity index (χ2v) is 11.7. The Kier molecular flexibility index (Phi) is 7.51. The van der Waals surface area contributed by atoms with Gasteiger partial charge in [-0.2, -0.15) is 13.2 Å². The van der Waals surface area contributed by atoms with Crippen LogP contribution in [0.1, 0.15) is 60.7 Å². The highest BCUT2D eigenvalue weighted by Crippen LogP contribution is 2.38. The number of amides is 2. The predicted molar refractivity (Wildman–Crippen MR) is 144 cm³/mol. The zero-order valence-electron chi connectivity index (χ0n) is 21.8. The van der Waals surface area contributed by atoms with Crippen molar-refractivity contribution in [1.29, 1.82) is 0 Å². The van der Waals surface area contributed by atoms with E-state index < -0.39 is 29.4 Å². The van der Waals surface area contributed by atoms with Gasteiger partial charge in [-0.05, 0) is 75.5 Å². The van der Waals surface area contributed by atoms with E-state index in [0.29, 0.717) is 24.9 Å². The molecule has 39 heavy (non-hydrogen) atoms. The minimum absolute atomic E-state index is 0.173. The molecule has 0 radical (unpaired) electrons. The summed E-state index contributed by atoms with van der Waals surface area (Å²) in [6.07, 6.45) is -0.0345. The molecule has 0 bridgehead atoms. The van der Waals surface area contributed by atoms with Gasteiger partial charge in [-0.1, -0.05) is 13.0 Å². The van der Waals surface area contributed by atoms with Crippen molar-refractivity contribution in [2.75, 3.05) is 37.7 Å². The lowest BCUT2D eigenvalue weighted by molar-refractivity contribution is -0.146. The molecule has 2 atom stereocenters. The average Bonchev–Trinajstić information content (AvgIpc) is 3.32. The SMILES string of the molecule is C[C@H]1CCC(c2ccc3sc(C4CCN(C)CC4)nc3c2)N(C(=O)C(=O)Nc2cnc(N)c(C(F)(F)F)c2)C1. The summed E-state index contributed by atoms with van der Waals surface area (Å²) in [5.41, 5.74) is 5.70. The molecule has 0 aliphatic carbocycles. The number of fused-ring (bicyclic) bond motifs is 1. The number of halogens is 3. The summed E-state index contributed by atoms with van der Waals surface area (Å²) in [6.45, 7) is 4.47. The predicted octanol–water partition coefficient (Wildman–Crippen LogP) is 5.04. The number of hydrogen-bond donors (Lipinski definition) is 2. The minimum Gasteiger partial charge on any atom is -0.383 e. The van der Waals surface area contributed by atoms with E-state index in [1.807, 2.05) is 25.1 Å². The molecule has 2 aliphatic heterocycles. The highest BCUT2D eigenvalue weighted by Gasteiger charge is 2.36. The van der Waals surface area contributed by atoms with E-state index in [1.165, 1.54) is 4.90 Å². The van der Waals surface area contributed by atoms with Gasteiger partial charge in [-0.3, -0.25) is 9.59 Å². The number of carbonyl (C=O) groups excluding carboxylic acids is 2. The standard InChI is InChI=1S/C27H31F3N6O2S/c1-15-3-5-21(17-4-6-22-20(11-17)34-25(39-22)16-7-9-35(2)10-8-16)36(14-15)26(38)24(37)33-18-12-19(27(28,29)30)23(31)32-13-18/h4,6,11-13,15-16,21H,3,5,7-10,14H2,1-2H3,(H2,31,32)(H,33,37)/t15-,21?/m0/s1. The maximum Gasteiger partial charge on any atom is 0.420 e. The number of hydrogen-bond acceptors (Lipinski definition) is 7. The van der Waals surface area contributed by atoms with Gasteiger partial charge in [-0.15, -0.1) is 11.3 Å². The van der Waals surface area contributed by atoms with Gasteiger partial charge < -0.3 is 20.9 Å². The van der Waals surface area contributed by atoms with Crippen LogP contribution in [0.15, 0.2) is 30.5 Å². The van der Waals surface area contributed by atoms with Gasteiger partial charge in [0.25, 0.3) is 0 Å². The van der Waals surface area contributed by atoms with Crippen molar-refractivity contribution in [3.63, 3.8) is 0 Å². The highest BCUT2D eigenvalue weighted by molar-refractivity contribution is 7.18. The van der Waals surface area contributed by atoms with Crippen molar-refractivity contribution >= 4 is 44.9 Å². The maximum absolute atomic E-state index is 13.3. The lowest BCUT2D eigenvalue weighted by Crippen LogP contribution is -2.46. The van der Waals surface area contributed by atoms with E-state index in [4.69, 9.17) is 10.7 Å². The first kappa shape index (κ1) is 27.3. The summed E-state index contributed by atoms with van der Waals surface area (Å²) >= 11 is 1.71. The summed E-state index contributed by atoms with van der Waals surface area (Å²) in [5.74, 6) is -1.91. The number of nitrogens with one attached hydrogen (secondary N) is 1. The number of thiazole rings is 1. The number of rotatable bonds is 3. The molecule has 1 aromatic carbocycles. The van der Waals surface area contributed by atoms with Crippen LogP contribution in [0.4, 0.5) is 24.7 Å². The Hall–Kier alpha value is -3.25. The number of benzene rings is 1. The van der Waals surface area contributed by atoms with Crippen molar-refractivity contribution < 1.29 is 22.8 Å². The van der Waals surface area contributed by atoms with Gasteiger partial charge in [-0.25, -0.2) is 9.97 Å². The van der Waals surface area contributed by atoms with Crippen LogP contribution in [0.25, 0.3) is 10.2 Å². The Balaban J connectivity index is 1.36. The largest absolute Gasteiger partial charge is 0.420 e. The molecular weight excluding hydrogens is 529 g/mol. The summed E-state index contributed by atoms with van der Waals surface area (Å²) in [5, 5.41) is 3.41. The molecule has 2 amide bonds. The Labute approximate surface area is 228 Å². The summed E-state index contributed by atoms with van der Waals surface area (Å²) in [6, 6.07) is 6.36. The van der Waals surface area contributed by atoms with Crippen LogP contribution < -0.4 is 11.1 Å². The lowest BCUT2D eigenvalue weighted by atomic mass is 9.89. The summed E-state index contributed by atoms with van der Waals surface area (Å²) < 4.78 is 40.7. The van der Waals surface area contributed by atoms with E-state index in [1.54, 1.807) is 11.3 Å². The smallest absolute Gasteiger partial charge is 0.383 e. The van der Waals surface area contributed by atoms with Crippen LogP contribution in [-0.4, -0.2) is 58.3 Å². The molecule has 3 N–H and O–H groups in total. The summed E-state index contributed by atoms with van der Waals surface area (Å²) in [4.78, 5) is 38.5. The molecule has 5 rings (SSSR count). The van der Waals surface area contributed by atoms with Crippen LogP contribution in [0.3, 0.4) is 0 Å². The van der Waals surface area contributed by atoms with Crippen LogP contribution >= 0.6 is 11.3 Å². The Morgan fingerprint density at radius 1 is 1.13 bits per heavy atom. The molecule has 4 heterocycles. The monoisotopic (exact) mass is 560 g/mol. The summed E-state index contributed by atoms with van der Waals surface area (Å²) in [7, 11) is 2.13. The number of likely N-dealkylation sites (tertiary alicyclic amines) is 2. The normalized spacial score (nSPS) is 21.3. The topological polar surface area (TPSA) is 104 Å². The minimum atomic E-state index is -4.74. The van der Waals surface area contributed by atoms with E-state index in [9.17, 15) is 22.8 Å². The number of alkyl halides is 3. The molecule has 2 saturated heterocycles. The fraction of sp³-hybridized carbons (Fsp3) is 0.481. The fourth-order valence-electron chi connectivity index (χ4n) is 5.41. The molecule has 0 spiro atoms. The van der Waals surface area contributed by atoms with E-state index in [2.05, 4.69) is 22.2 Å².